The molecule has 0 spiro atoms. The van der Waals surface area contributed by atoms with Crippen molar-refractivity contribution in [2.75, 3.05) is 0 Å². The van der Waals surface area contributed by atoms with E-state index in [-0.39, 0.29) is 5.97 Å². The molecule has 80 valence electrons. The highest BCUT2D eigenvalue weighted by atomic mass is 16.5. The van der Waals surface area contributed by atoms with Crippen LogP contribution in [0.3, 0.4) is 0 Å². The smallest absolute Gasteiger partial charge is 0.310 e. The highest BCUT2D eigenvalue weighted by Gasteiger charge is 1.94. The van der Waals surface area contributed by atoms with Crippen LogP contribution in [-0.2, 0) is 9.53 Å². The third-order valence-corrected chi connectivity index (χ3v) is 1.25. The monoisotopic (exact) mass is 198 g/mol. The zero-order valence-corrected chi connectivity index (χ0v) is 8.82. The predicted octanol–water partition coefficient (Wildman–Crippen LogP) is 1.86. The van der Waals surface area contributed by atoms with Crippen molar-refractivity contribution in [2.24, 2.45) is 0 Å². The summed E-state index contributed by atoms with van der Waals surface area (Å²) in [6.45, 7) is 7.00. The molecule has 0 heterocycles. The molecule has 0 aliphatic heterocycles. The molecule has 0 aromatic heterocycles. The van der Waals surface area contributed by atoms with E-state index < -0.39 is 6.10 Å². The molecule has 3 heteroatoms. The zero-order valence-electron chi connectivity index (χ0n) is 8.82. The average molecular weight is 198 g/mol. The molecule has 0 aromatic rings. The molecular weight excluding hydrogens is 180 g/mol. The highest BCUT2D eigenvalue weighted by molar-refractivity contribution is 5.69. The standard InChI is InChI=1S/C6H10O2.C5H8O/c1-3-5-6(7)8-4-2;1-3-5(6)4-2/h4H,2-3,5H2,1H3;1,5-6H,4H2,2H3. The van der Waals surface area contributed by atoms with Crippen molar-refractivity contribution in [3.05, 3.63) is 12.8 Å². The summed E-state index contributed by atoms with van der Waals surface area (Å²) < 4.78 is 4.41. The Balaban J connectivity index is 0. The van der Waals surface area contributed by atoms with Crippen molar-refractivity contribution >= 4 is 5.97 Å². The molecular formula is C11H18O3. The number of hydrogen-bond acceptors (Lipinski definition) is 3. The van der Waals surface area contributed by atoms with Crippen LogP contribution in [0.1, 0.15) is 33.1 Å². The van der Waals surface area contributed by atoms with Gasteiger partial charge in [-0.25, -0.2) is 0 Å². The Morgan fingerprint density at radius 1 is 1.71 bits per heavy atom. The molecule has 0 aliphatic rings. The van der Waals surface area contributed by atoms with Gasteiger partial charge in [0.15, 0.2) is 0 Å². The van der Waals surface area contributed by atoms with Crippen molar-refractivity contribution in [2.45, 2.75) is 39.2 Å². The van der Waals surface area contributed by atoms with E-state index in [1.165, 1.54) is 0 Å². The molecule has 0 amide bonds. The van der Waals surface area contributed by atoms with Crippen LogP contribution in [0.2, 0.25) is 0 Å². The third-order valence-electron chi connectivity index (χ3n) is 1.25. The molecule has 1 atom stereocenters. The van der Waals surface area contributed by atoms with Crippen molar-refractivity contribution < 1.29 is 14.6 Å². The summed E-state index contributed by atoms with van der Waals surface area (Å²) in [6, 6.07) is 0. The second-order valence-electron chi connectivity index (χ2n) is 2.50. The minimum atomic E-state index is -0.537. The van der Waals surface area contributed by atoms with E-state index >= 15 is 0 Å². The Morgan fingerprint density at radius 3 is 2.50 bits per heavy atom. The average Bonchev–Trinajstić information content (AvgIpc) is 2.18. The predicted molar refractivity (Wildman–Crippen MR) is 56.3 cm³/mol. The normalized spacial score (nSPS) is 10.1. The van der Waals surface area contributed by atoms with E-state index in [0.717, 1.165) is 12.7 Å². The van der Waals surface area contributed by atoms with Crippen LogP contribution < -0.4 is 0 Å². The highest BCUT2D eigenvalue weighted by Crippen LogP contribution is 1.89. The van der Waals surface area contributed by atoms with E-state index in [0.29, 0.717) is 12.8 Å². The Kier molecular flexibility index (Phi) is 12.7. The fourth-order valence-corrected chi connectivity index (χ4v) is 0.474. The van der Waals surface area contributed by atoms with Crippen molar-refractivity contribution in [1.82, 2.24) is 0 Å². The molecule has 0 aromatic carbocycles. The van der Waals surface area contributed by atoms with Gasteiger partial charge in [-0.05, 0) is 12.8 Å². The lowest BCUT2D eigenvalue weighted by Gasteiger charge is -1.92. The van der Waals surface area contributed by atoms with Crippen LogP contribution in [0, 0.1) is 12.3 Å². The van der Waals surface area contributed by atoms with Gasteiger partial charge >= 0.3 is 5.97 Å². The van der Waals surface area contributed by atoms with Crippen molar-refractivity contribution in [1.29, 1.82) is 0 Å². The quantitative estimate of drug-likeness (QED) is 0.426. The summed E-state index contributed by atoms with van der Waals surface area (Å²) in [5.41, 5.74) is 0. The maximum Gasteiger partial charge on any atom is 0.310 e. The summed E-state index contributed by atoms with van der Waals surface area (Å²) in [6.07, 6.45) is 7.35. The topological polar surface area (TPSA) is 46.5 Å². The molecule has 0 bridgehead atoms. The first-order valence-corrected chi connectivity index (χ1v) is 4.56. The Bertz CT molecular complexity index is 191. The van der Waals surface area contributed by atoms with Gasteiger partial charge in [0, 0.05) is 6.42 Å². The molecule has 0 saturated heterocycles. The summed E-state index contributed by atoms with van der Waals surface area (Å²) in [7, 11) is 0. The first-order chi connectivity index (χ1) is 6.62. The van der Waals surface area contributed by atoms with Gasteiger partial charge in [0.25, 0.3) is 0 Å². The van der Waals surface area contributed by atoms with Crippen LogP contribution in [-0.4, -0.2) is 17.2 Å². The Hall–Kier alpha value is -1.27. The number of aliphatic hydroxyl groups is 1. The van der Waals surface area contributed by atoms with E-state index in [9.17, 15) is 4.79 Å². The van der Waals surface area contributed by atoms with Crippen LogP contribution in [0.15, 0.2) is 12.8 Å². The lowest BCUT2D eigenvalue weighted by atomic mass is 10.3. The second kappa shape index (κ2) is 11.7. The molecule has 0 rings (SSSR count). The van der Waals surface area contributed by atoms with Gasteiger partial charge in [-0.15, -0.1) is 6.42 Å². The number of esters is 1. The van der Waals surface area contributed by atoms with E-state index in [4.69, 9.17) is 11.5 Å². The number of aliphatic hydroxyl groups excluding tert-OH is 1. The number of terminal acetylenes is 1. The zero-order chi connectivity index (χ0) is 11.4. The number of hydrogen-bond donors (Lipinski definition) is 1. The Morgan fingerprint density at radius 2 is 2.29 bits per heavy atom. The molecule has 1 N–H and O–H groups in total. The van der Waals surface area contributed by atoms with Gasteiger partial charge in [-0.3, -0.25) is 4.79 Å². The third kappa shape index (κ3) is 13.3. The molecule has 3 nitrogen and oxygen atoms in total. The fraction of sp³-hybridized carbons (Fsp3) is 0.545. The minimum absolute atomic E-state index is 0.206. The molecule has 0 radical (unpaired) electrons. The lowest BCUT2D eigenvalue weighted by Crippen LogP contribution is -1.97. The Labute approximate surface area is 85.8 Å². The lowest BCUT2D eigenvalue weighted by molar-refractivity contribution is -0.137. The molecule has 0 fully saturated rings. The van der Waals surface area contributed by atoms with Crippen LogP contribution in [0.4, 0.5) is 0 Å². The number of rotatable bonds is 4. The van der Waals surface area contributed by atoms with Gasteiger partial charge in [-0.1, -0.05) is 26.3 Å². The molecule has 14 heavy (non-hydrogen) atoms. The first kappa shape index (κ1) is 15.2. The van der Waals surface area contributed by atoms with Crippen LogP contribution in [0.25, 0.3) is 0 Å². The summed E-state index contributed by atoms with van der Waals surface area (Å²) in [4.78, 5) is 10.3. The van der Waals surface area contributed by atoms with Crippen LogP contribution >= 0.6 is 0 Å². The van der Waals surface area contributed by atoms with Gasteiger partial charge < -0.3 is 9.84 Å². The fourth-order valence-electron chi connectivity index (χ4n) is 0.474. The van der Waals surface area contributed by atoms with Gasteiger partial charge in [0.1, 0.15) is 6.10 Å². The summed E-state index contributed by atoms with van der Waals surface area (Å²) in [5, 5.41) is 8.43. The van der Waals surface area contributed by atoms with E-state index in [1.807, 2.05) is 13.8 Å². The molecule has 0 saturated carbocycles. The summed E-state index contributed by atoms with van der Waals surface area (Å²) >= 11 is 0. The van der Waals surface area contributed by atoms with Gasteiger partial charge in [0.05, 0.1) is 6.26 Å². The first-order valence-electron chi connectivity index (χ1n) is 4.56. The number of ether oxygens (including phenoxy) is 1. The maximum atomic E-state index is 10.3. The maximum absolute atomic E-state index is 10.3. The van der Waals surface area contributed by atoms with Gasteiger partial charge in [-0.2, -0.15) is 0 Å². The molecule has 0 aliphatic carbocycles. The second-order valence-corrected chi connectivity index (χ2v) is 2.50. The SMILES string of the molecule is C#CC(O)CC.C=COC(=O)CCC. The molecule has 1 unspecified atom stereocenters. The van der Waals surface area contributed by atoms with E-state index in [1.54, 1.807) is 0 Å². The van der Waals surface area contributed by atoms with E-state index in [2.05, 4.69) is 17.2 Å². The number of carbonyl (C=O) groups excluding carboxylic acids is 1. The largest absolute Gasteiger partial charge is 0.435 e. The van der Waals surface area contributed by atoms with Crippen molar-refractivity contribution in [3.63, 3.8) is 0 Å². The minimum Gasteiger partial charge on any atom is -0.435 e. The van der Waals surface area contributed by atoms with Crippen LogP contribution in [0.5, 0.6) is 0 Å². The van der Waals surface area contributed by atoms with Gasteiger partial charge in [0.2, 0.25) is 0 Å². The number of carbonyl (C=O) groups is 1. The van der Waals surface area contributed by atoms with Crippen molar-refractivity contribution in [3.8, 4) is 12.3 Å². The summed E-state index contributed by atoms with van der Waals surface area (Å²) in [5.74, 6) is 1.96.